The number of methoxy groups -OCH3 is 1. The summed E-state index contributed by atoms with van der Waals surface area (Å²) in [5.74, 6) is 0.851. The molecule has 0 bridgehead atoms. The van der Waals surface area contributed by atoms with E-state index in [4.69, 9.17) is 10.5 Å². The summed E-state index contributed by atoms with van der Waals surface area (Å²) in [5.41, 5.74) is 8.06. The first-order chi connectivity index (χ1) is 8.10. The van der Waals surface area contributed by atoms with Crippen molar-refractivity contribution in [3.63, 3.8) is 0 Å². The maximum atomic E-state index is 9.96. The molecule has 0 aliphatic carbocycles. The minimum absolute atomic E-state index is 0.314. The molecule has 96 valence electrons. The smallest absolute Gasteiger partial charge is 0.121 e. The summed E-state index contributed by atoms with van der Waals surface area (Å²) < 4.78 is 5.20. The first-order valence-corrected chi connectivity index (χ1v) is 6.18. The summed E-state index contributed by atoms with van der Waals surface area (Å²) >= 11 is 0. The van der Waals surface area contributed by atoms with Crippen molar-refractivity contribution >= 4 is 0 Å². The fraction of sp³-hybridized carbons (Fsp3) is 0.571. The third-order valence-corrected chi connectivity index (χ3v) is 3.07. The highest BCUT2D eigenvalue weighted by Crippen LogP contribution is 2.24. The molecule has 1 rings (SSSR count). The maximum Gasteiger partial charge on any atom is 0.121 e. The normalized spacial score (nSPS) is 14.4. The Labute approximate surface area is 104 Å². The van der Waals surface area contributed by atoms with Crippen LogP contribution in [0.4, 0.5) is 0 Å². The number of ether oxygens (including phenoxy) is 1. The molecule has 2 atom stereocenters. The van der Waals surface area contributed by atoms with Gasteiger partial charge < -0.3 is 15.6 Å². The van der Waals surface area contributed by atoms with E-state index in [1.165, 1.54) is 0 Å². The second-order valence-corrected chi connectivity index (χ2v) is 4.46. The molecule has 0 aromatic heterocycles. The van der Waals surface area contributed by atoms with E-state index in [0.717, 1.165) is 36.1 Å². The van der Waals surface area contributed by atoms with Crippen molar-refractivity contribution in [1.82, 2.24) is 0 Å². The first kappa shape index (κ1) is 14.0. The van der Waals surface area contributed by atoms with Crippen LogP contribution in [0.5, 0.6) is 5.75 Å². The lowest BCUT2D eigenvalue weighted by atomic mass is 9.97. The molecule has 3 heteroatoms. The van der Waals surface area contributed by atoms with Gasteiger partial charge in [0.2, 0.25) is 0 Å². The summed E-state index contributed by atoms with van der Waals surface area (Å²) in [7, 11) is 1.65. The molecule has 1 aromatic carbocycles. The lowest BCUT2D eigenvalue weighted by Crippen LogP contribution is -2.26. The van der Waals surface area contributed by atoms with Gasteiger partial charge in [0.25, 0.3) is 0 Å². The van der Waals surface area contributed by atoms with E-state index in [1.54, 1.807) is 7.11 Å². The first-order valence-electron chi connectivity index (χ1n) is 6.18. The molecule has 17 heavy (non-hydrogen) atoms. The second-order valence-electron chi connectivity index (χ2n) is 4.46. The SMILES string of the molecule is CCCC[C@H](O)[C@H](N)c1ccc(OC)c(C)c1. The molecule has 0 saturated heterocycles. The highest BCUT2D eigenvalue weighted by molar-refractivity contribution is 5.37. The Morgan fingerprint density at radius 1 is 1.41 bits per heavy atom. The standard InChI is InChI=1S/C14H23NO2/c1-4-5-6-12(16)14(15)11-7-8-13(17-3)10(2)9-11/h7-9,12,14,16H,4-6,15H2,1-3H3/t12-,14+/m0/s1. The lowest BCUT2D eigenvalue weighted by molar-refractivity contribution is 0.132. The molecule has 1 aromatic rings. The lowest BCUT2D eigenvalue weighted by Gasteiger charge is -2.20. The van der Waals surface area contributed by atoms with Gasteiger partial charge in [0.1, 0.15) is 5.75 Å². The zero-order valence-corrected chi connectivity index (χ0v) is 10.9. The van der Waals surface area contributed by atoms with E-state index in [0.29, 0.717) is 0 Å². The molecule has 0 spiro atoms. The third kappa shape index (κ3) is 3.72. The van der Waals surface area contributed by atoms with Crippen LogP contribution >= 0.6 is 0 Å². The Morgan fingerprint density at radius 2 is 2.12 bits per heavy atom. The number of aliphatic hydroxyl groups is 1. The predicted octanol–water partition coefficient (Wildman–Crippen LogP) is 2.55. The molecule has 0 heterocycles. The number of rotatable bonds is 6. The van der Waals surface area contributed by atoms with Crippen LogP contribution in [-0.2, 0) is 0 Å². The van der Waals surface area contributed by atoms with Crippen molar-refractivity contribution in [1.29, 1.82) is 0 Å². The topological polar surface area (TPSA) is 55.5 Å². The fourth-order valence-electron chi connectivity index (χ4n) is 1.92. The van der Waals surface area contributed by atoms with Crippen molar-refractivity contribution in [3.8, 4) is 5.75 Å². The van der Waals surface area contributed by atoms with Crippen LogP contribution in [0.1, 0.15) is 43.4 Å². The summed E-state index contributed by atoms with van der Waals surface area (Å²) in [6.07, 6.45) is 2.36. The Bertz CT molecular complexity index is 352. The van der Waals surface area contributed by atoms with Crippen LogP contribution in [0.2, 0.25) is 0 Å². The fourth-order valence-corrected chi connectivity index (χ4v) is 1.92. The highest BCUT2D eigenvalue weighted by Gasteiger charge is 2.16. The molecular weight excluding hydrogens is 214 g/mol. The number of hydrogen-bond donors (Lipinski definition) is 2. The number of aryl methyl sites for hydroxylation is 1. The minimum atomic E-state index is -0.470. The van der Waals surface area contributed by atoms with E-state index in [1.807, 2.05) is 25.1 Å². The van der Waals surface area contributed by atoms with Crippen molar-refractivity contribution in [2.24, 2.45) is 5.73 Å². The van der Waals surface area contributed by atoms with Gasteiger partial charge >= 0.3 is 0 Å². The van der Waals surface area contributed by atoms with Crippen LogP contribution in [0, 0.1) is 6.92 Å². The zero-order chi connectivity index (χ0) is 12.8. The van der Waals surface area contributed by atoms with Crippen molar-refractivity contribution in [3.05, 3.63) is 29.3 Å². The van der Waals surface area contributed by atoms with Crippen LogP contribution < -0.4 is 10.5 Å². The van der Waals surface area contributed by atoms with E-state index in [-0.39, 0.29) is 6.04 Å². The van der Waals surface area contributed by atoms with Crippen molar-refractivity contribution < 1.29 is 9.84 Å². The number of nitrogens with two attached hydrogens (primary N) is 1. The van der Waals surface area contributed by atoms with Crippen LogP contribution in [0.25, 0.3) is 0 Å². The molecular formula is C14H23NO2. The van der Waals surface area contributed by atoms with Gasteiger partial charge in [-0.1, -0.05) is 31.9 Å². The van der Waals surface area contributed by atoms with Crippen LogP contribution in [0.3, 0.4) is 0 Å². The molecule has 0 saturated carbocycles. The van der Waals surface area contributed by atoms with Crippen LogP contribution in [-0.4, -0.2) is 18.3 Å². The van der Waals surface area contributed by atoms with Gasteiger partial charge in [-0.15, -0.1) is 0 Å². The van der Waals surface area contributed by atoms with Gasteiger partial charge in [-0.2, -0.15) is 0 Å². The number of unbranched alkanes of at least 4 members (excludes halogenated alkanes) is 1. The third-order valence-electron chi connectivity index (χ3n) is 3.07. The quantitative estimate of drug-likeness (QED) is 0.799. The number of aliphatic hydroxyl groups excluding tert-OH is 1. The molecule has 3 nitrogen and oxygen atoms in total. The summed E-state index contributed by atoms with van der Waals surface area (Å²) in [6.45, 7) is 4.09. The monoisotopic (exact) mass is 237 g/mol. The largest absolute Gasteiger partial charge is 0.496 e. The van der Waals surface area contributed by atoms with Gasteiger partial charge in [-0.05, 0) is 30.5 Å². The Hall–Kier alpha value is -1.06. The summed E-state index contributed by atoms with van der Waals surface area (Å²) in [5, 5.41) is 9.96. The van der Waals surface area contributed by atoms with E-state index in [2.05, 4.69) is 6.92 Å². The van der Waals surface area contributed by atoms with Gasteiger partial charge in [-0.3, -0.25) is 0 Å². The maximum absolute atomic E-state index is 9.96. The van der Waals surface area contributed by atoms with Gasteiger partial charge in [0.05, 0.1) is 19.3 Å². The zero-order valence-electron chi connectivity index (χ0n) is 10.9. The Kier molecular flexibility index (Phi) is 5.45. The van der Waals surface area contributed by atoms with Crippen molar-refractivity contribution in [2.75, 3.05) is 7.11 Å². The summed E-state index contributed by atoms with van der Waals surface area (Å²) in [6, 6.07) is 5.49. The van der Waals surface area contributed by atoms with E-state index >= 15 is 0 Å². The average Bonchev–Trinajstić information content (AvgIpc) is 2.34. The molecule has 0 amide bonds. The van der Waals surface area contributed by atoms with E-state index < -0.39 is 6.10 Å². The van der Waals surface area contributed by atoms with Crippen molar-refractivity contribution in [2.45, 2.75) is 45.3 Å². The molecule has 0 aliphatic rings. The number of benzene rings is 1. The molecule has 0 aliphatic heterocycles. The van der Waals surface area contributed by atoms with Gasteiger partial charge in [0.15, 0.2) is 0 Å². The number of hydrogen-bond acceptors (Lipinski definition) is 3. The predicted molar refractivity (Wildman–Crippen MR) is 70.2 cm³/mol. The molecule has 0 fully saturated rings. The van der Waals surface area contributed by atoms with E-state index in [9.17, 15) is 5.11 Å². The van der Waals surface area contributed by atoms with Crippen LogP contribution in [0.15, 0.2) is 18.2 Å². The highest BCUT2D eigenvalue weighted by atomic mass is 16.5. The minimum Gasteiger partial charge on any atom is -0.496 e. The second kappa shape index (κ2) is 6.62. The molecule has 0 unspecified atom stereocenters. The average molecular weight is 237 g/mol. The summed E-state index contributed by atoms with van der Waals surface area (Å²) in [4.78, 5) is 0. The van der Waals surface area contributed by atoms with Gasteiger partial charge in [0, 0.05) is 0 Å². The molecule has 3 N–H and O–H groups in total. The Balaban J connectivity index is 2.74. The Morgan fingerprint density at radius 3 is 2.65 bits per heavy atom. The van der Waals surface area contributed by atoms with Gasteiger partial charge in [-0.25, -0.2) is 0 Å². The molecule has 0 radical (unpaired) electrons.